The second-order valence-corrected chi connectivity index (χ2v) is 21.7. The number of fused-ring (bicyclic) bond motifs is 3. The first-order valence-electron chi connectivity index (χ1n) is 19.3. The molecule has 3 fully saturated rings. The van der Waals surface area contributed by atoms with Crippen LogP contribution in [0.5, 0.6) is 0 Å². The van der Waals surface area contributed by atoms with Gasteiger partial charge in [-0.3, -0.25) is 9.78 Å². The van der Waals surface area contributed by atoms with Crippen LogP contribution in [0.25, 0.3) is 0 Å². The molecule has 1 radical (unpaired) electrons. The van der Waals surface area contributed by atoms with Gasteiger partial charge in [0.1, 0.15) is 0 Å². The highest BCUT2D eigenvalue weighted by atomic mass is 28.3. The highest BCUT2D eigenvalue weighted by Gasteiger charge is 2.59. The van der Waals surface area contributed by atoms with Crippen molar-refractivity contribution in [2.45, 2.75) is 150 Å². The van der Waals surface area contributed by atoms with Gasteiger partial charge in [-0.15, -0.1) is 0 Å². The quantitative estimate of drug-likeness (QED) is 0.190. The molecule has 0 spiro atoms. The normalized spacial score (nSPS) is 30.4. The van der Waals surface area contributed by atoms with E-state index in [-0.39, 0.29) is 16.4 Å². The van der Waals surface area contributed by atoms with E-state index in [2.05, 4.69) is 89.6 Å². The van der Waals surface area contributed by atoms with Crippen LogP contribution in [-0.4, -0.2) is 57.1 Å². The third-order valence-electron chi connectivity index (χ3n) is 13.3. The summed E-state index contributed by atoms with van der Waals surface area (Å²) < 4.78 is 7.21. The van der Waals surface area contributed by atoms with Gasteiger partial charge in [-0.25, -0.2) is 0 Å². The fraction of sp³-hybridized carbons (Fsp3) is 0.805. The average Bonchev–Trinajstić information content (AvgIpc) is 3.02. The Morgan fingerprint density at radius 2 is 1.81 bits per heavy atom. The lowest BCUT2D eigenvalue weighted by atomic mass is 9.43. The molecule has 1 amide bonds. The standard InChI is InChI=1S/C41H68N3O2Si/c1-29(2)47(39(4,5)6)46-37-19-23-41(9)35-16-13-30(3)33(34(35)14-17-36(41)40(37,7)8)15-18-38(45)43-28-31-20-25-44(26-21-31)27-22-32-12-10-11-24-42-32/h10-12,24,29,31,34-37H,13-23,25-28H2,1-9H3,(H,43,45)/t34?,35?,36?,37-,41+/m0/s1. The molecule has 1 N–H and O–H groups in total. The Labute approximate surface area is 290 Å². The molecule has 5 atom stereocenters. The number of amides is 1. The Morgan fingerprint density at radius 3 is 2.47 bits per heavy atom. The van der Waals surface area contributed by atoms with Crippen molar-refractivity contribution in [1.82, 2.24) is 15.2 Å². The molecule has 3 aliphatic carbocycles. The molecule has 263 valence electrons. The minimum Gasteiger partial charge on any atom is -0.412 e. The van der Waals surface area contributed by atoms with E-state index in [0.29, 0.717) is 41.2 Å². The summed E-state index contributed by atoms with van der Waals surface area (Å²) in [7, 11) is -0.933. The van der Waals surface area contributed by atoms with Crippen LogP contribution in [0.3, 0.4) is 0 Å². The van der Waals surface area contributed by atoms with Crippen molar-refractivity contribution >= 4 is 14.9 Å². The highest BCUT2D eigenvalue weighted by molar-refractivity contribution is 6.56. The first kappa shape index (κ1) is 36.8. The Bertz CT molecular complexity index is 1210. The minimum absolute atomic E-state index is 0.194. The molecular formula is C41H68N3O2Si. The summed E-state index contributed by atoms with van der Waals surface area (Å²) in [6.07, 6.45) is 14.8. The van der Waals surface area contributed by atoms with Crippen LogP contribution in [0, 0.1) is 34.5 Å². The molecule has 3 unspecified atom stereocenters. The Hall–Kier alpha value is -1.50. The number of aromatic nitrogens is 1. The smallest absolute Gasteiger partial charge is 0.220 e. The molecule has 1 saturated heterocycles. The topological polar surface area (TPSA) is 54.5 Å². The molecule has 4 aliphatic rings. The number of allylic oxidation sites excluding steroid dienone is 2. The lowest BCUT2D eigenvalue weighted by Gasteiger charge is -2.63. The van der Waals surface area contributed by atoms with Gasteiger partial charge in [-0.2, -0.15) is 0 Å². The summed E-state index contributed by atoms with van der Waals surface area (Å²) in [6, 6.07) is 6.18. The van der Waals surface area contributed by atoms with Gasteiger partial charge in [0.15, 0.2) is 0 Å². The van der Waals surface area contributed by atoms with E-state index in [4.69, 9.17) is 4.43 Å². The van der Waals surface area contributed by atoms with Crippen molar-refractivity contribution in [2.75, 3.05) is 26.2 Å². The van der Waals surface area contributed by atoms with E-state index in [1.54, 1.807) is 11.1 Å². The van der Waals surface area contributed by atoms with Crippen molar-refractivity contribution in [3.63, 3.8) is 0 Å². The third kappa shape index (κ3) is 8.45. The largest absolute Gasteiger partial charge is 0.412 e. The van der Waals surface area contributed by atoms with Gasteiger partial charge in [0.05, 0.1) is 6.10 Å². The van der Waals surface area contributed by atoms with E-state index in [0.717, 1.165) is 44.9 Å². The van der Waals surface area contributed by atoms with E-state index in [1.165, 1.54) is 57.1 Å². The van der Waals surface area contributed by atoms with E-state index in [9.17, 15) is 4.79 Å². The van der Waals surface area contributed by atoms with Crippen LogP contribution < -0.4 is 5.32 Å². The maximum Gasteiger partial charge on any atom is 0.220 e. The fourth-order valence-electron chi connectivity index (χ4n) is 10.8. The van der Waals surface area contributed by atoms with Crippen molar-refractivity contribution < 1.29 is 9.22 Å². The van der Waals surface area contributed by atoms with Gasteiger partial charge < -0.3 is 14.6 Å². The first-order valence-corrected chi connectivity index (χ1v) is 20.8. The van der Waals surface area contributed by atoms with Gasteiger partial charge in [0, 0.05) is 37.8 Å². The molecule has 2 heterocycles. The molecule has 1 aromatic rings. The monoisotopic (exact) mass is 663 g/mol. The summed E-state index contributed by atoms with van der Waals surface area (Å²) in [4.78, 5) is 20.2. The van der Waals surface area contributed by atoms with E-state index in [1.807, 2.05) is 12.3 Å². The lowest BCUT2D eigenvalue weighted by Crippen LogP contribution is -2.58. The molecule has 0 aromatic carbocycles. The maximum atomic E-state index is 13.2. The highest BCUT2D eigenvalue weighted by Crippen LogP contribution is 2.65. The lowest BCUT2D eigenvalue weighted by molar-refractivity contribution is -0.144. The molecule has 5 rings (SSSR count). The number of hydrogen-bond donors (Lipinski definition) is 1. The van der Waals surface area contributed by atoms with E-state index < -0.39 is 9.04 Å². The van der Waals surface area contributed by atoms with Crippen LogP contribution in [0.1, 0.15) is 132 Å². The number of rotatable bonds is 11. The fourth-order valence-corrected chi connectivity index (χ4v) is 13.9. The number of pyridine rings is 1. The third-order valence-corrected chi connectivity index (χ3v) is 16.3. The van der Waals surface area contributed by atoms with Crippen molar-refractivity contribution in [3.8, 4) is 0 Å². The predicted molar refractivity (Wildman–Crippen MR) is 198 cm³/mol. The van der Waals surface area contributed by atoms with Gasteiger partial charge in [-0.1, -0.05) is 72.6 Å². The second kappa shape index (κ2) is 15.2. The molecule has 6 heteroatoms. The Kier molecular flexibility index (Phi) is 11.9. The molecule has 2 saturated carbocycles. The second-order valence-electron chi connectivity index (χ2n) is 18.1. The zero-order valence-electron chi connectivity index (χ0n) is 31.6. The molecule has 1 aromatic heterocycles. The van der Waals surface area contributed by atoms with Crippen LogP contribution in [-0.2, 0) is 15.6 Å². The number of hydrogen-bond acceptors (Lipinski definition) is 4. The van der Waals surface area contributed by atoms with Gasteiger partial charge in [0.2, 0.25) is 14.9 Å². The number of nitrogens with one attached hydrogen (secondary N) is 1. The van der Waals surface area contributed by atoms with E-state index >= 15 is 0 Å². The Balaban J connectivity index is 1.11. The zero-order chi connectivity index (χ0) is 34.0. The Morgan fingerprint density at radius 1 is 1.06 bits per heavy atom. The number of nitrogens with zero attached hydrogens (tertiary/aromatic N) is 2. The molecule has 5 nitrogen and oxygen atoms in total. The van der Waals surface area contributed by atoms with Crippen LogP contribution in [0.4, 0.5) is 0 Å². The minimum atomic E-state index is -0.933. The van der Waals surface area contributed by atoms with Crippen LogP contribution in [0.2, 0.25) is 10.6 Å². The summed E-state index contributed by atoms with van der Waals surface area (Å²) in [5.41, 5.74) is 5.58. The maximum absolute atomic E-state index is 13.2. The van der Waals surface area contributed by atoms with Gasteiger partial charge in [0.25, 0.3) is 0 Å². The number of piperidine rings is 1. The molecular weight excluding hydrogens is 595 g/mol. The van der Waals surface area contributed by atoms with Gasteiger partial charge in [-0.05, 0) is 135 Å². The predicted octanol–water partition coefficient (Wildman–Crippen LogP) is 9.40. The summed E-state index contributed by atoms with van der Waals surface area (Å²) >= 11 is 0. The zero-order valence-corrected chi connectivity index (χ0v) is 32.6. The number of likely N-dealkylation sites (tertiary alicyclic amines) is 1. The summed E-state index contributed by atoms with van der Waals surface area (Å²) in [5, 5.41) is 3.60. The van der Waals surface area contributed by atoms with Crippen molar-refractivity contribution in [2.24, 2.45) is 34.5 Å². The van der Waals surface area contributed by atoms with Crippen molar-refractivity contribution in [3.05, 3.63) is 41.2 Å². The number of carbonyl (C=O) groups is 1. The first-order chi connectivity index (χ1) is 22.2. The summed E-state index contributed by atoms with van der Waals surface area (Å²) in [5.74, 6) is 2.96. The number of carbonyl (C=O) groups excluding carboxylic acids is 1. The summed E-state index contributed by atoms with van der Waals surface area (Å²) in [6.45, 7) is 26.2. The SMILES string of the molecule is CC1=C(CCC(=O)NCC2CCN(CCc3ccccn3)CC2)C2CCC3C(C)(C)[C@@H](O[Si](C(C)C)C(C)(C)C)CC[C@]3(C)C2CC1. The van der Waals surface area contributed by atoms with Crippen LogP contribution >= 0.6 is 0 Å². The molecule has 0 bridgehead atoms. The molecule has 1 aliphatic heterocycles. The van der Waals surface area contributed by atoms with Crippen LogP contribution in [0.15, 0.2) is 35.5 Å². The van der Waals surface area contributed by atoms with Gasteiger partial charge >= 0.3 is 0 Å². The molecule has 47 heavy (non-hydrogen) atoms. The average molecular weight is 663 g/mol. The van der Waals surface area contributed by atoms with Crippen molar-refractivity contribution in [1.29, 1.82) is 0 Å².